The number of aromatic nitrogens is 1. The summed E-state index contributed by atoms with van der Waals surface area (Å²) in [5.41, 5.74) is 6.48. The van der Waals surface area contributed by atoms with Crippen molar-refractivity contribution in [3.8, 4) is 0 Å². The summed E-state index contributed by atoms with van der Waals surface area (Å²) in [6.07, 6.45) is 4.90. The molecule has 1 aromatic heterocycles. The summed E-state index contributed by atoms with van der Waals surface area (Å²) < 4.78 is 0. The lowest BCUT2D eigenvalue weighted by Gasteiger charge is -2.42. The highest BCUT2D eigenvalue weighted by Crippen LogP contribution is 2.46. The number of anilines is 1. The molecule has 3 heteroatoms. The van der Waals surface area contributed by atoms with Crippen molar-refractivity contribution >= 4 is 5.69 Å². The molecule has 1 fully saturated rings. The van der Waals surface area contributed by atoms with Crippen molar-refractivity contribution in [2.75, 3.05) is 5.73 Å². The average Bonchev–Trinajstić information content (AvgIpc) is 2.02. The Kier molecular flexibility index (Phi) is 1.77. The van der Waals surface area contributed by atoms with Crippen LogP contribution in [0, 0.1) is 5.92 Å². The quantitative estimate of drug-likeness (QED) is 0.681. The van der Waals surface area contributed by atoms with Crippen LogP contribution in [0.5, 0.6) is 0 Å². The Bertz CT molecular complexity index is 318. The molecule has 3 nitrogen and oxygen atoms in total. The standard InChI is InChI=1S/C10H14N2O/c1-7-4-10(13,5-7)8-6-12-3-2-9(8)11/h2-3,6-7,13H,4-5H2,1H3,(H2,11,12). The lowest BCUT2D eigenvalue weighted by Crippen LogP contribution is -2.40. The molecule has 0 unspecified atom stereocenters. The summed E-state index contributed by atoms with van der Waals surface area (Å²) in [5.74, 6) is 0.588. The molecule has 0 aromatic carbocycles. The highest BCUT2D eigenvalue weighted by molar-refractivity contribution is 5.48. The topological polar surface area (TPSA) is 59.1 Å². The van der Waals surface area contributed by atoms with E-state index >= 15 is 0 Å². The van der Waals surface area contributed by atoms with E-state index in [1.54, 1.807) is 18.5 Å². The summed E-state index contributed by atoms with van der Waals surface area (Å²) in [5, 5.41) is 10.1. The molecule has 0 amide bonds. The Morgan fingerprint density at radius 3 is 2.85 bits per heavy atom. The molecular weight excluding hydrogens is 164 g/mol. The van der Waals surface area contributed by atoms with Crippen LogP contribution >= 0.6 is 0 Å². The normalized spacial score (nSPS) is 32.6. The first-order valence-corrected chi connectivity index (χ1v) is 4.54. The molecule has 3 N–H and O–H groups in total. The van der Waals surface area contributed by atoms with Crippen LogP contribution in [0.1, 0.15) is 25.3 Å². The van der Waals surface area contributed by atoms with Gasteiger partial charge < -0.3 is 10.8 Å². The maximum atomic E-state index is 10.1. The second-order valence-electron chi connectivity index (χ2n) is 4.01. The van der Waals surface area contributed by atoms with Gasteiger partial charge in [-0.25, -0.2) is 0 Å². The zero-order valence-corrected chi connectivity index (χ0v) is 7.70. The van der Waals surface area contributed by atoms with Crippen molar-refractivity contribution in [1.29, 1.82) is 0 Å². The Hall–Kier alpha value is -1.09. The smallest absolute Gasteiger partial charge is 0.0936 e. The van der Waals surface area contributed by atoms with E-state index in [-0.39, 0.29) is 0 Å². The van der Waals surface area contributed by atoms with Gasteiger partial charge in [0, 0.05) is 23.6 Å². The Morgan fingerprint density at radius 1 is 1.62 bits per heavy atom. The lowest BCUT2D eigenvalue weighted by molar-refractivity contribution is -0.0734. The largest absolute Gasteiger partial charge is 0.398 e. The first-order chi connectivity index (χ1) is 6.12. The molecule has 70 valence electrons. The van der Waals surface area contributed by atoms with Crippen LogP contribution in [-0.2, 0) is 5.60 Å². The predicted octanol–water partition coefficient (Wildman–Crippen LogP) is 1.28. The van der Waals surface area contributed by atoms with Gasteiger partial charge in [0.05, 0.1) is 5.60 Å². The van der Waals surface area contributed by atoms with Crippen LogP contribution in [0.2, 0.25) is 0 Å². The minimum atomic E-state index is -0.711. The highest BCUT2D eigenvalue weighted by Gasteiger charge is 2.42. The molecule has 1 heterocycles. The van der Waals surface area contributed by atoms with Crippen molar-refractivity contribution in [1.82, 2.24) is 4.98 Å². The van der Waals surface area contributed by atoms with Crippen molar-refractivity contribution in [3.05, 3.63) is 24.0 Å². The number of nitrogens with two attached hydrogens (primary N) is 1. The second-order valence-corrected chi connectivity index (χ2v) is 4.01. The van der Waals surface area contributed by atoms with Gasteiger partial charge in [-0.1, -0.05) is 6.92 Å². The van der Waals surface area contributed by atoms with Crippen LogP contribution in [0.4, 0.5) is 5.69 Å². The Labute approximate surface area is 77.6 Å². The van der Waals surface area contributed by atoms with Gasteiger partial charge in [0.2, 0.25) is 0 Å². The maximum Gasteiger partial charge on any atom is 0.0936 e. The van der Waals surface area contributed by atoms with Crippen molar-refractivity contribution in [3.63, 3.8) is 0 Å². The fourth-order valence-electron chi connectivity index (χ4n) is 2.11. The van der Waals surface area contributed by atoms with E-state index in [1.807, 2.05) is 0 Å². The molecule has 0 radical (unpaired) electrons. The van der Waals surface area contributed by atoms with Gasteiger partial charge in [0.25, 0.3) is 0 Å². The molecule has 1 aliphatic carbocycles. The van der Waals surface area contributed by atoms with Crippen LogP contribution < -0.4 is 5.73 Å². The van der Waals surface area contributed by atoms with Gasteiger partial charge >= 0.3 is 0 Å². The molecule has 2 rings (SSSR count). The summed E-state index contributed by atoms with van der Waals surface area (Å²) in [4.78, 5) is 3.98. The SMILES string of the molecule is CC1CC(O)(c2cnccc2N)C1. The molecule has 0 aliphatic heterocycles. The number of hydrogen-bond donors (Lipinski definition) is 2. The summed E-state index contributed by atoms with van der Waals surface area (Å²) in [7, 11) is 0. The molecule has 0 bridgehead atoms. The van der Waals surface area contributed by atoms with E-state index in [0.717, 1.165) is 18.4 Å². The van der Waals surface area contributed by atoms with E-state index in [9.17, 15) is 5.11 Å². The minimum Gasteiger partial charge on any atom is -0.398 e. The van der Waals surface area contributed by atoms with Crippen LogP contribution in [0.3, 0.4) is 0 Å². The Balaban J connectivity index is 2.31. The van der Waals surface area contributed by atoms with Crippen LogP contribution in [0.15, 0.2) is 18.5 Å². The second kappa shape index (κ2) is 2.70. The number of rotatable bonds is 1. The lowest BCUT2D eigenvalue weighted by atomic mass is 9.68. The Morgan fingerprint density at radius 2 is 2.31 bits per heavy atom. The molecule has 1 aromatic rings. The summed E-state index contributed by atoms with van der Waals surface area (Å²) in [6, 6.07) is 1.73. The zero-order chi connectivity index (χ0) is 9.47. The predicted molar refractivity (Wildman–Crippen MR) is 50.9 cm³/mol. The van der Waals surface area contributed by atoms with E-state index in [2.05, 4.69) is 11.9 Å². The third-order valence-electron chi connectivity index (χ3n) is 2.73. The molecule has 0 spiro atoms. The zero-order valence-electron chi connectivity index (χ0n) is 7.70. The molecule has 1 aliphatic rings. The molecule has 13 heavy (non-hydrogen) atoms. The fourth-order valence-corrected chi connectivity index (χ4v) is 2.11. The van der Waals surface area contributed by atoms with Gasteiger partial charge in [0.15, 0.2) is 0 Å². The maximum absolute atomic E-state index is 10.1. The van der Waals surface area contributed by atoms with E-state index in [0.29, 0.717) is 11.6 Å². The van der Waals surface area contributed by atoms with Crippen molar-refractivity contribution in [2.45, 2.75) is 25.4 Å². The number of nitrogen functional groups attached to an aromatic ring is 1. The fraction of sp³-hybridized carbons (Fsp3) is 0.500. The van der Waals surface area contributed by atoms with E-state index in [4.69, 9.17) is 5.73 Å². The number of aliphatic hydroxyl groups is 1. The number of nitrogens with zero attached hydrogens (tertiary/aromatic N) is 1. The molecule has 0 saturated heterocycles. The molecule has 1 saturated carbocycles. The first-order valence-electron chi connectivity index (χ1n) is 4.54. The molecule has 0 atom stereocenters. The van der Waals surface area contributed by atoms with E-state index in [1.165, 1.54) is 0 Å². The van der Waals surface area contributed by atoms with Crippen LogP contribution in [0.25, 0.3) is 0 Å². The highest BCUT2D eigenvalue weighted by atomic mass is 16.3. The van der Waals surface area contributed by atoms with Gasteiger partial charge in [-0.05, 0) is 24.8 Å². The van der Waals surface area contributed by atoms with Crippen molar-refractivity contribution in [2.24, 2.45) is 5.92 Å². The minimum absolute atomic E-state index is 0.588. The summed E-state index contributed by atoms with van der Waals surface area (Å²) in [6.45, 7) is 2.13. The molecular formula is C10H14N2O. The number of hydrogen-bond acceptors (Lipinski definition) is 3. The third-order valence-corrected chi connectivity index (χ3v) is 2.73. The number of pyridine rings is 1. The monoisotopic (exact) mass is 178 g/mol. The first kappa shape index (κ1) is 8.51. The van der Waals surface area contributed by atoms with Gasteiger partial charge in [-0.3, -0.25) is 4.98 Å². The van der Waals surface area contributed by atoms with Crippen molar-refractivity contribution < 1.29 is 5.11 Å². The van der Waals surface area contributed by atoms with Crippen LogP contribution in [-0.4, -0.2) is 10.1 Å². The van der Waals surface area contributed by atoms with Gasteiger partial charge in [-0.15, -0.1) is 0 Å². The van der Waals surface area contributed by atoms with Gasteiger partial charge in [-0.2, -0.15) is 0 Å². The average molecular weight is 178 g/mol. The third kappa shape index (κ3) is 1.29. The van der Waals surface area contributed by atoms with Gasteiger partial charge in [0.1, 0.15) is 0 Å². The summed E-state index contributed by atoms with van der Waals surface area (Å²) >= 11 is 0. The van der Waals surface area contributed by atoms with E-state index < -0.39 is 5.60 Å².